The van der Waals surface area contributed by atoms with Crippen LogP contribution in [0.4, 0.5) is 0 Å². The Labute approximate surface area is 115 Å². The van der Waals surface area contributed by atoms with Gasteiger partial charge < -0.3 is 0 Å². The molecule has 0 aliphatic heterocycles. The Morgan fingerprint density at radius 3 is 2.78 bits per heavy atom. The van der Waals surface area contributed by atoms with Gasteiger partial charge in [-0.2, -0.15) is 0 Å². The van der Waals surface area contributed by atoms with Crippen molar-refractivity contribution in [3.8, 4) is 0 Å². The highest BCUT2D eigenvalue weighted by molar-refractivity contribution is 6.29. The maximum atomic E-state index is 6.14. The molecule has 3 heteroatoms. The van der Waals surface area contributed by atoms with E-state index >= 15 is 0 Å². The molecule has 2 atom stereocenters. The number of hydrogen-bond donors (Lipinski definition) is 0. The zero-order chi connectivity index (χ0) is 13.1. The summed E-state index contributed by atoms with van der Waals surface area (Å²) in [5, 5.41) is 0.605. The Bertz CT molecular complexity index is 403. The third kappa shape index (κ3) is 3.68. The monoisotopic (exact) mass is 266 g/mol. The summed E-state index contributed by atoms with van der Waals surface area (Å²) in [5.74, 6) is 2.89. The lowest BCUT2D eigenvalue weighted by Crippen LogP contribution is -2.15. The number of rotatable bonds is 3. The fourth-order valence-electron chi connectivity index (χ4n) is 2.86. The van der Waals surface area contributed by atoms with Crippen molar-refractivity contribution >= 4 is 11.6 Å². The van der Waals surface area contributed by atoms with Gasteiger partial charge in [0.15, 0.2) is 0 Å². The van der Waals surface area contributed by atoms with Crippen LogP contribution in [0.5, 0.6) is 0 Å². The number of nitrogens with zero attached hydrogens (tertiary/aromatic N) is 2. The van der Waals surface area contributed by atoms with Crippen LogP contribution < -0.4 is 0 Å². The van der Waals surface area contributed by atoms with Crippen molar-refractivity contribution in [2.24, 2.45) is 11.8 Å². The quantitative estimate of drug-likeness (QED) is 0.746. The fourth-order valence-corrected chi connectivity index (χ4v) is 3.07. The molecule has 1 fully saturated rings. The Kier molecular flexibility index (Phi) is 4.60. The van der Waals surface area contributed by atoms with Crippen molar-refractivity contribution in [1.82, 2.24) is 9.97 Å². The minimum Gasteiger partial charge on any atom is -0.238 e. The first-order chi connectivity index (χ1) is 8.54. The molecule has 1 aliphatic rings. The van der Waals surface area contributed by atoms with E-state index in [1.807, 2.05) is 6.07 Å². The Hall–Kier alpha value is -0.630. The molecular weight excluding hydrogens is 244 g/mol. The number of hydrogen-bond acceptors (Lipinski definition) is 2. The van der Waals surface area contributed by atoms with Crippen LogP contribution >= 0.6 is 11.6 Å². The largest absolute Gasteiger partial charge is 0.238 e. The average Bonchev–Trinajstić information content (AvgIpc) is 2.27. The number of halogens is 1. The maximum Gasteiger partial charge on any atom is 0.133 e. The van der Waals surface area contributed by atoms with E-state index in [2.05, 4.69) is 25.8 Å². The predicted molar refractivity (Wildman–Crippen MR) is 76.0 cm³/mol. The first-order valence-electron chi connectivity index (χ1n) is 7.08. The summed E-state index contributed by atoms with van der Waals surface area (Å²) in [6, 6.07) is 1.91. The molecule has 0 radical (unpaired) electrons. The topological polar surface area (TPSA) is 25.8 Å². The Morgan fingerprint density at radius 1 is 1.33 bits per heavy atom. The molecular formula is C15H23ClN2. The standard InChI is InChI=1S/C15H23ClN2/c1-10(2)7-13-9-14(16)18-15(17-13)12-6-4-5-11(3)8-12/h9-12H,4-8H2,1-3H3. The number of aromatic nitrogens is 2. The van der Waals surface area contributed by atoms with Gasteiger partial charge in [-0.25, -0.2) is 9.97 Å². The van der Waals surface area contributed by atoms with Crippen LogP contribution in [0, 0.1) is 11.8 Å². The van der Waals surface area contributed by atoms with Crippen molar-refractivity contribution in [3.05, 3.63) is 22.7 Å². The lowest BCUT2D eigenvalue weighted by molar-refractivity contribution is 0.334. The molecule has 1 aliphatic carbocycles. The minimum absolute atomic E-state index is 0.512. The highest BCUT2D eigenvalue weighted by atomic mass is 35.5. The fraction of sp³-hybridized carbons (Fsp3) is 0.733. The Balaban J connectivity index is 2.18. The zero-order valence-corrected chi connectivity index (χ0v) is 12.4. The summed E-state index contributed by atoms with van der Waals surface area (Å²) in [7, 11) is 0. The lowest BCUT2D eigenvalue weighted by atomic mass is 9.82. The summed E-state index contributed by atoms with van der Waals surface area (Å²) in [5.41, 5.74) is 1.10. The third-order valence-corrected chi connectivity index (χ3v) is 3.88. The second-order valence-electron chi connectivity index (χ2n) is 6.11. The molecule has 0 aromatic carbocycles. The molecule has 1 heterocycles. The second kappa shape index (κ2) is 6.01. The summed E-state index contributed by atoms with van der Waals surface area (Å²) in [6.45, 7) is 6.74. The predicted octanol–water partition coefficient (Wildman–Crippen LogP) is 4.62. The minimum atomic E-state index is 0.512. The van der Waals surface area contributed by atoms with Gasteiger partial charge >= 0.3 is 0 Å². The molecule has 2 unspecified atom stereocenters. The van der Waals surface area contributed by atoms with Gasteiger partial charge in [0, 0.05) is 11.6 Å². The molecule has 0 saturated heterocycles. The van der Waals surface area contributed by atoms with E-state index in [4.69, 9.17) is 16.6 Å². The van der Waals surface area contributed by atoms with E-state index in [-0.39, 0.29) is 0 Å². The van der Waals surface area contributed by atoms with E-state index < -0.39 is 0 Å². The highest BCUT2D eigenvalue weighted by Gasteiger charge is 2.23. The van der Waals surface area contributed by atoms with E-state index in [0.717, 1.165) is 23.9 Å². The van der Waals surface area contributed by atoms with Gasteiger partial charge in [0.05, 0.1) is 0 Å². The molecule has 0 amide bonds. The smallest absolute Gasteiger partial charge is 0.133 e. The van der Waals surface area contributed by atoms with Crippen LogP contribution in [0.15, 0.2) is 6.07 Å². The van der Waals surface area contributed by atoms with Crippen molar-refractivity contribution in [3.63, 3.8) is 0 Å². The van der Waals surface area contributed by atoms with Gasteiger partial charge in [0.2, 0.25) is 0 Å². The average molecular weight is 267 g/mol. The maximum absolute atomic E-state index is 6.14. The molecule has 1 aromatic heterocycles. The van der Waals surface area contributed by atoms with Crippen LogP contribution in [0.25, 0.3) is 0 Å². The van der Waals surface area contributed by atoms with Crippen molar-refractivity contribution in [1.29, 1.82) is 0 Å². The summed E-state index contributed by atoms with van der Waals surface area (Å²) >= 11 is 6.14. The van der Waals surface area contributed by atoms with E-state index in [1.54, 1.807) is 0 Å². The van der Waals surface area contributed by atoms with Gasteiger partial charge in [0.25, 0.3) is 0 Å². The summed E-state index contributed by atoms with van der Waals surface area (Å²) in [4.78, 5) is 9.19. The summed E-state index contributed by atoms with van der Waals surface area (Å²) in [6.07, 6.45) is 6.04. The highest BCUT2D eigenvalue weighted by Crippen LogP contribution is 2.34. The molecule has 18 heavy (non-hydrogen) atoms. The Morgan fingerprint density at radius 2 is 2.11 bits per heavy atom. The normalized spacial score (nSPS) is 24.5. The molecule has 0 N–H and O–H groups in total. The van der Waals surface area contributed by atoms with E-state index in [0.29, 0.717) is 17.0 Å². The molecule has 1 saturated carbocycles. The molecule has 1 aromatic rings. The summed E-state index contributed by atoms with van der Waals surface area (Å²) < 4.78 is 0. The first-order valence-corrected chi connectivity index (χ1v) is 7.45. The second-order valence-corrected chi connectivity index (χ2v) is 6.49. The van der Waals surface area contributed by atoms with Gasteiger partial charge in [-0.15, -0.1) is 0 Å². The first kappa shape index (κ1) is 13.8. The molecule has 100 valence electrons. The van der Waals surface area contributed by atoms with Gasteiger partial charge in [-0.05, 0) is 37.2 Å². The van der Waals surface area contributed by atoms with Gasteiger partial charge in [0.1, 0.15) is 11.0 Å². The zero-order valence-electron chi connectivity index (χ0n) is 11.6. The van der Waals surface area contributed by atoms with Crippen LogP contribution in [-0.2, 0) is 6.42 Å². The molecule has 2 nitrogen and oxygen atoms in total. The van der Waals surface area contributed by atoms with Crippen LogP contribution in [-0.4, -0.2) is 9.97 Å². The van der Waals surface area contributed by atoms with Crippen molar-refractivity contribution in [2.75, 3.05) is 0 Å². The van der Waals surface area contributed by atoms with Gasteiger partial charge in [-0.3, -0.25) is 0 Å². The van der Waals surface area contributed by atoms with Crippen LogP contribution in [0.3, 0.4) is 0 Å². The molecule has 0 spiro atoms. The molecule has 2 rings (SSSR count). The molecule has 0 bridgehead atoms. The van der Waals surface area contributed by atoms with E-state index in [9.17, 15) is 0 Å². The van der Waals surface area contributed by atoms with Crippen LogP contribution in [0.1, 0.15) is 63.9 Å². The van der Waals surface area contributed by atoms with Crippen molar-refractivity contribution < 1.29 is 0 Å². The van der Waals surface area contributed by atoms with Gasteiger partial charge in [-0.1, -0.05) is 45.2 Å². The lowest BCUT2D eigenvalue weighted by Gasteiger charge is -2.25. The third-order valence-electron chi connectivity index (χ3n) is 3.68. The SMILES string of the molecule is CC(C)Cc1cc(Cl)nc(C2CCCC(C)C2)n1. The van der Waals surface area contributed by atoms with Crippen molar-refractivity contribution in [2.45, 2.75) is 58.8 Å². The van der Waals surface area contributed by atoms with Crippen LogP contribution in [0.2, 0.25) is 5.15 Å². The van der Waals surface area contributed by atoms with E-state index in [1.165, 1.54) is 25.7 Å².